The van der Waals surface area contributed by atoms with Gasteiger partial charge in [0.25, 0.3) is 0 Å². The van der Waals surface area contributed by atoms with E-state index >= 15 is 0 Å². The van der Waals surface area contributed by atoms with E-state index in [-0.39, 0.29) is 23.4 Å². The molecular formula is C28H32N4O5. The second kappa shape index (κ2) is 11.2. The van der Waals surface area contributed by atoms with Crippen LogP contribution in [0.1, 0.15) is 42.0 Å². The number of phenols is 2. The van der Waals surface area contributed by atoms with Gasteiger partial charge in [-0.1, -0.05) is 49.3 Å². The summed E-state index contributed by atoms with van der Waals surface area (Å²) in [6, 6.07) is 16.6. The molecule has 0 amide bonds. The van der Waals surface area contributed by atoms with E-state index < -0.39 is 0 Å². The number of methoxy groups -OCH3 is 2. The molecule has 9 nitrogen and oxygen atoms in total. The molecule has 3 aromatic carbocycles. The van der Waals surface area contributed by atoms with Crippen molar-refractivity contribution in [2.24, 2.45) is 0 Å². The lowest BCUT2D eigenvalue weighted by molar-refractivity contribution is 0.354. The molecule has 0 aliphatic carbocycles. The molecule has 0 unspecified atom stereocenters. The van der Waals surface area contributed by atoms with Crippen molar-refractivity contribution < 1.29 is 24.8 Å². The third-order valence-corrected chi connectivity index (χ3v) is 6.21. The first kappa shape index (κ1) is 25.8. The van der Waals surface area contributed by atoms with Crippen molar-refractivity contribution in [1.29, 1.82) is 0 Å². The first-order valence-electron chi connectivity index (χ1n) is 12.0. The third kappa shape index (κ3) is 5.78. The van der Waals surface area contributed by atoms with Crippen LogP contribution in [-0.4, -0.2) is 44.3 Å². The number of aromatic hydroxyl groups is 3. The maximum atomic E-state index is 10.5. The van der Waals surface area contributed by atoms with Crippen molar-refractivity contribution in [1.82, 2.24) is 20.1 Å². The largest absolute Gasteiger partial charge is 0.508 e. The Morgan fingerprint density at radius 3 is 2.11 bits per heavy atom. The zero-order valence-electron chi connectivity index (χ0n) is 21.4. The Morgan fingerprint density at radius 1 is 0.784 bits per heavy atom. The second-order valence-corrected chi connectivity index (χ2v) is 9.10. The number of rotatable bonds is 10. The molecule has 0 bridgehead atoms. The summed E-state index contributed by atoms with van der Waals surface area (Å²) in [7, 11) is 3.24. The number of aromatic nitrogens is 3. The van der Waals surface area contributed by atoms with Gasteiger partial charge in [0.1, 0.15) is 11.5 Å². The van der Waals surface area contributed by atoms with Gasteiger partial charge in [0, 0.05) is 19.2 Å². The zero-order chi connectivity index (χ0) is 26.5. The molecule has 4 N–H and O–H groups in total. The predicted molar refractivity (Wildman–Crippen MR) is 140 cm³/mol. The molecular weight excluding hydrogens is 472 g/mol. The van der Waals surface area contributed by atoms with Crippen LogP contribution in [0.5, 0.6) is 29.0 Å². The van der Waals surface area contributed by atoms with Crippen LogP contribution in [0.25, 0.3) is 11.4 Å². The molecule has 194 valence electrons. The van der Waals surface area contributed by atoms with Crippen LogP contribution in [-0.2, 0) is 19.6 Å². The van der Waals surface area contributed by atoms with Gasteiger partial charge in [0.2, 0.25) is 0 Å². The summed E-state index contributed by atoms with van der Waals surface area (Å²) in [5, 5.41) is 42.3. The van der Waals surface area contributed by atoms with E-state index in [1.807, 2.05) is 56.3 Å². The highest BCUT2D eigenvalue weighted by molar-refractivity contribution is 5.68. The number of hydrogen-bond donors (Lipinski definition) is 4. The monoisotopic (exact) mass is 504 g/mol. The standard InChI is InChI=1S/C28H32N4O5/c1-17(2)21-12-22(24(34)13-23(21)33)27-30-31-28(35)32(27)16-19-7-5-18(6-8-19)14-29-15-20-9-10-25(36-3)26(11-20)37-4/h5-13,17,29,33-34H,14-16H2,1-4H3,(H,31,35). The Hall–Kier alpha value is -4.24. The van der Waals surface area contributed by atoms with E-state index in [9.17, 15) is 15.3 Å². The smallest absolute Gasteiger partial charge is 0.315 e. The third-order valence-electron chi connectivity index (χ3n) is 6.21. The van der Waals surface area contributed by atoms with Gasteiger partial charge in [-0.3, -0.25) is 4.57 Å². The summed E-state index contributed by atoms with van der Waals surface area (Å²) in [5.41, 5.74) is 4.19. The van der Waals surface area contributed by atoms with Gasteiger partial charge in [-0.2, -0.15) is 0 Å². The van der Waals surface area contributed by atoms with Crippen LogP contribution in [0.3, 0.4) is 0 Å². The van der Waals surface area contributed by atoms with Crippen molar-refractivity contribution in [3.63, 3.8) is 0 Å². The highest BCUT2D eigenvalue weighted by Crippen LogP contribution is 2.38. The summed E-state index contributed by atoms with van der Waals surface area (Å²) < 4.78 is 12.2. The number of hydrogen-bond acceptors (Lipinski definition) is 8. The van der Waals surface area contributed by atoms with Gasteiger partial charge in [-0.25, -0.2) is 0 Å². The van der Waals surface area contributed by atoms with Crippen molar-refractivity contribution >= 4 is 0 Å². The van der Waals surface area contributed by atoms with E-state index in [1.54, 1.807) is 20.3 Å². The summed E-state index contributed by atoms with van der Waals surface area (Å²) >= 11 is 0. The van der Waals surface area contributed by atoms with Gasteiger partial charge in [-0.15, -0.1) is 5.10 Å². The summed E-state index contributed by atoms with van der Waals surface area (Å²) in [6.07, 6.45) is 0. The van der Waals surface area contributed by atoms with E-state index in [2.05, 4.69) is 15.5 Å². The highest BCUT2D eigenvalue weighted by atomic mass is 16.5. The van der Waals surface area contributed by atoms with Crippen molar-refractivity contribution in [2.45, 2.75) is 39.4 Å². The minimum Gasteiger partial charge on any atom is -0.508 e. The molecule has 1 aromatic heterocycles. The van der Waals surface area contributed by atoms with E-state index in [4.69, 9.17) is 9.47 Å². The summed E-state index contributed by atoms with van der Waals surface area (Å²) in [4.78, 5) is 0. The fraction of sp³-hybridized carbons (Fsp3) is 0.286. The average molecular weight is 505 g/mol. The highest BCUT2D eigenvalue weighted by Gasteiger charge is 2.20. The van der Waals surface area contributed by atoms with Crippen molar-refractivity contribution in [3.05, 3.63) is 76.9 Å². The van der Waals surface area contributed by atoms with Crippen LogP contribution < -0.4 is 14.8 Å². The SMILES string of the molecule is COc1ccc(CNCc2ccc(Cn3c(O)nnc3-c3cc(C(C)C)c(O)cc3O)cc2)cc1OC. The molecule has 0 radical (unpaired) electrons. The first-order chi connectivity index (χ1) is 17.8. The second-order valence-electron chi connectivity index (χ2n) is 9.10. The maximum Gasteiger partial charge on any atom is 0.315 e. The molecule has 4 aromatic rings. The fourth-order valence-corrected chi connectivity index (χ4v) is 4.16. The molecule has 9 heteroatoms. The molecule has 4 rings (SSSR count). The number of nitrogens with one attached hydrogen (secondary N) is 1. The lowest BCUT2D eigenvalue weighted by atomic mass is 9.98. The van der Waals surface area contributed by atoms with Crippen LogP contribution >= 0.6 is 0 Å². The molecule has 37 heavy (non-hydrogen) atoms. The average Bonchev–Trinajstić information content (AvgIpc) is 3.24. The van der Waals surface area contributed by atoms with Crippen molar-refractivity contribution in [3.8, 4) is 40.4 Å². The number of nitrogens with zero attached hydrogens (tertiary/aromatic N) is 3. The Bertz CT molecular complexity index is 1370. The Kier molecular flexibility index (Phi) is 7.83. The Morgan fingerprint density at radius 2 is 1.43 bits per heavy atom. The number of phenolic OH excluding ortho intramolecular Hbond substituents is 2. The minimum absolute atomic E-state index is 0.0156. The van der Waals surface area contributed by atoms with Gasteiger partial charge in [-0.05, 0) is 46.4 Å². The molecule has 0 fully saturated rings. The first-order valence-corrected chi connectivity index (χ1v) is 12.0. The molecule has 0 atom stereocenters. The van der Waals surface area contributed by atoms with Crippen LogP contribution in [0.15, 0.2) is 54.6 Å². The van der Waals surface area contributed by atoms with Gasteiger partial charge < -0.3 is 30.1 Å². The van der Waals surface area contributed by atoms with E-state index in [0.29, 0.717) is 48.1 Å². The minimum atomic E-state index is -0.255. The van der Waals surface area contributed by atoms with Gasteiger partial charge in [0.05, 0.1) is 26.3 Å². The fourth-order valence-electron chi connectivity index (χ4n) is 4.16. The lowest BCUT2D eigenvalue weighted by Crippen LogP contribution is -2.13. The summed E-state index contributed by atoms with van der Waals surface area (Å²) in [5.74, 6) is 1.64. The van der Waals surface area contributed by atoms with E-state index in [0.717, 1.165) is 16.7 Å². The van der Waals surface area contributed by atoms with Crippen LogP contribution in [0.2, 0.25) is 0 Å². The molecule has 1 heterocycles. The van der Waals surface area contributed by atoms with Gasteiger partial charge in [0.15, 0.2) is 17.3 Å². The molecule has 0 saturated heterocycles. The topological polar surface area (TPSA) is 122 Å². The maximum absolute atomic E-state index is 10.5. The summed E-state index contributed by atoms with van der Waals surface area (Å²) in [6.45, 7) is 5.56. The van der Waals surface area contributed by atoms with Crippen LogP contribution in [0, 0.1) is 0 Å². The molecule has 0 saturated carbocycles. The Labute approximate surface area is 216 Å². The predicted octanol–water partition coefficient (Wildman–Crippen LogP) is 4.54. The van der Waals surface area contributed by atoms with Crippen LogP contribution in [0.4, 0.5) is 0 Å². The molecule has 0 spiro atoms. The molecule has 0 aliphatic heterocycles. The Balaban J connectivity index is 1.44. The van der Waals surface area contributed by atoms with Crippen molar-refractivity contribution in [2.75, 3.05) is 14.2 Å². The van der Waals surface area contributed by atoms with E-state index in [1.165, 1.54) is 10.6 Å². The number of benzene rings is 3. The number of ether oxygens (including phenoxy) is 2. The van der Waals surface area contributed by atoms with Gasteiger partial charge >= 0.3 is 6.01 Å². The normalized spacial score (nSPS) is 11.2. The lowest BCUT2D eigenvalue weighted by Gasteiger charge is -2.14. The quantitative estimate of drug-likeness (QED) is 0.248. The zero-order valence-corrected chi connectivity index (χ0v) is 21.4. The molecule has 0 aliphatic rings.